The molecule has 0 atom stereocenters. The van der Waals surface area contributed by atoms with E-state index in [2.05, 4.69) is 35.8 Å². The van der Waals surface area contributed by atoms with Gasteiger partial charge in [-0.3, -0.25) is 0 Å². The molecule has 3 rings (SSSR count). The third-order valence-corrected chi connectivity index (χ3v) is 4.16. The Morgan fingerprint density at radius 3 is 3.26 bits per heavy atom. The summed E-state index contributed by atoms with van der Waals surface area (Å²) in [7, 11) is 0. The second kappa shape index (κ2) is 5.72. The van der Waals surface area contributed by atoms with Crippen molar-refractivity contribution in [3.05, 3.63) is 34.8 Å². The quantitative estimate of drug-likeness (QED) is 0.850. The number of nitrogens with one attached hydrogen (secondary N) is 1. The number of benzene rings is 1. The summed E-state index contributed by atoms with van der Waals surface area (Å²) in [5, 5.41) is 6.62. The number of rotatable bonds is 5. The van der Waals surface area contributed by atoms with Gasteiger partial charge in [-0.1, -0.05) is 6.92 Å². The van der Waals surface area contributed by atoms with Gasteiger partial charge in [0.1, 0.15) is 10.8 Å². The van der Waals surface area contributed by atoms with Crippen LogP contribution in [0.5, 0.6) is 5.75 Å². The van der Waals surface area contributed by atoms with Gasteiger partial charge in [0.15, 0.2) is 0 Å². The van der Waals surface area contributed by atoms with Crippen LogP contribution in [0, 0.1) is 0 Å². The molecule has 0 aliphatic carbocycles. The van der Waals surface area contributed by atoms with E-state index in [1.807, 2.05) is 0 Å². The first kappa shape index (κ1) is 12.6. The molecule has 3 nitrogen and oxygen atoms in total. The van der Waals surface area contributed by atoms with E-state index in [1.165, 1.54) is 11.1 Å². The van der Waals surface area contributed by atoms with Crippen molar-refractivity contribution < 1.29 is 4.74 Å². The molecule has 4 heteroatoms. The molecule has 1 aromatic carbocycles. The predicted molar refractivity (Wildman–Crippen MR) is 78.7 cm³/mol. The standard InChI is InChI=1S/C15H18N2OS/c1-2-6-16-9-13-10-19-15(17-13)12-3-4-14-11(8-12)5-7-18-14/h3-4,8,10,16H,2,5-7,9H2,1H3. The van der Waals surface area contributed by atoms with Crippen LogP contribution in [0.2, 0.25) is 0 Å². The molecule has 0 unspecified atom stereocenters. The summed E-state index contributed by atoms with van der Waals surface area (Å²) in [4.78, 5) is 4.69. The van der Waals surface area contributed by atoms with Crippen LogP contribution in [0.1, 0.15) is 24.6 Å². The zero-order valence-corrected chi connectivity index (χ0v) is 11.9. The largest absolute Gasteiger partial charge is 0.493 e. The lowest BCUT2D eigenvalue weighted by atomic mass is 10.1. The lowest BCUT2D eigenvalue weighted by Gasteiger charge is -2.01. The van der Waals surface area contributed by atoms with Gasteiger partial charge >= 0.3 is 0 Å². The summed E-state index contributed by atoms with van der Waals surface area (Å²) in [6.45, 7) is 4.89. The van der Waals surface area contributed by atoms with Gasteiger partial charge in [0.2, 0.25) is 0 Å². The Kier molecular flexibility index (Phi) is 3.80. The minimum atomic E-state index is 0.808. The highest BCUT2D eigenvalue weighted by Gasteiger charge is 2.13. The Labute approximate surface area is 117 Å². The van der Waals surface area contributed by atoms with Crippen molar-refractivity contribution in [3.63, 3.8) is 0 Å². The molecule has 19 heavy (non-hydrogen) atoms. The van der Waals surface area contributed by atoms with Crippen LogP contribution in [0.3, 0.4) is 0 Å². The third-order valence-electron chi connectivity index (χ3n) is 3.22. The number of fused-ring (bicyclic) bond motifs is 1. The number of thiazole rings is 1. The highest BCUT2D eigenvalue weighted by Crippen LogP contribution is 2.31. The van der Waals surface area contributed by atoms with Crippen LogP contribution in [-0.2, 0) is 13.0 Å². The van der Waals surface area contributed by atoms with Gasteiger partial charge in [-0.05, 0) is 36.7 Å². The molecule has 1 aromatic heterocycles. The monoisotopic (exact) mass is 274 g/mol. The fraction of sp³-hybridized carbons (Fsp3) is 0.400. The highest BCUT2D eigenvalue weighted by molar-refractivity contribution is 7.13. The molecular formula is C15H18N2OS. The minimum Gasteiger partial charge on any atom is -0.493 e. The first-order valence-corrected chi connectivity index (χ1v) is 7.66. The zero-order valence-electron chi connectivity index (χ0n) is 11.1. The van der Waals surface area contributed by atoms with Crippen LogP contribution in [0.4, 0.5) is 0 Å². The van der Waals surface area contributed by atoms with Crippen LogP contribution in [0.25, 0.3) is 10.6 Å². The molecule has 0 amide bonds. The van der Waals surface area contributed by atoms with E-state index in [1.54, 1.807) is 11.3 Å². The van der Waals surface area contributed by atoms with E-state index < -0.39 is 0 Å². The maximum atomic E-state index is 5.53. The van der Waals surface area contributed by atoms with E-state index in [4.69, 9.17) is 9.72 Å². The van der Waals surface area contributed by atoms with Crippen molar-refractivity contribution in [2.45, 2.75) is 26.3 Å². The number of hydrogen-bond acceptors (Lipinski definition) is 4. The molecule has 0 fully saturated rings. The molecule has 0 spiro atoms. The normalized spacial score (nSPS) is 13.3. The summed E-state index contributed by atoms with van der Waals surface area (Å²) >= 11 is 1.71. The van der Waals surface area contributed by atoms with Gasteiger partial charge in [-0.2, -0.15) is 0 Å². The first-order valence-electron chi connectivity index (χ1n) is 6.78. The van der Waals surface area contributed by atoms with Crippen molar-refractivity contribution in [2.75, 3.05) is 13.2 Å². The molecule has 2 aromatic rings. The van der Waals surface area contributed by atoms with E-state index in [-0.39, 0.29) is 0 Å². The predicted octanol–water partition coefficient (Wildman–Crippen LogP) is 3.24. The molecule has 0 saturated heterocycles. The second-order valence-corrected chi connectivity index (χ2v) is 5.60. The number of hydrogen-bond donors (Lipinski definition) is 1. The summed E-state index contributed by atoms with van der Waals surface area (Å²) in [6.07, 6.45) is 2.17. The first-order chi connectivity index (χ1) is 9.36. The fourth-order valence-corrected chi connectivity index (χ4v) is 3.05. The van der Waals surface area contributed by atoms with Crippen LogP contribution in [-0.4, -0.2) is 18.1 Å². The van der Waals surface area contributed by atoms with E-state index in [0.29, 0.717) is 0 Å². The lowest BCUT2D eigenvalue weighted by molar-refractivity contribution is 0.357. The topological polar surface area (TPSA) is 34.1 Å². The van der Waals surface area contributed by atoms with E-state index in [0.717, 1.165) is 49.0 Å². The van der Waals surface area contributed by atoms with E-state index >= 15 is 0 Å². The zero-order chi connectivity index (χ0) is 13.1. The van der Waals surface area contributed by atoms with Crippen LogP contribution >= 0.6 is 11.3 Å². The summed E-state index contributed by atoms with van der Waals surface area (Å²) in [6, 6.07) is 6.38. The van der Waals surface area contributed by atoms with Gasteiger partial charge < -0.3 is 10.1 Å². The van der Waals surface area contributed by atoms with Gasteiger partial charge in [0, 0.05) is 23.9 Å². The molecule has 1 N–H and O–H groups in total. The molecule has 1 aliphatic heterocycles. The Morgan fingerprint density at radius 2 is 2.37 bits per heavy atom. The maximum absolute atomic E-state index is 5.53. The SMILES string of the molecule is CCCNCc1csc(-c2ccc3c(c2)CCO3)n1. The van der Waals surface area contributed by atoms with Crippen molar-refractivity contribution in [3.8, 4) is 16.3 Å². The molecule has 2 heterocycles. The fourth-order valence-electron chi connectivity index (χ4n) is 2.23. The van der Waals surface area contributed by atoms with Crippen LogP contribution < -0.4 is 10.1 Å². The average molecular weight is 274 g/mol. The molecule has 100 valence electrons. The smallest absolute Gasteiger partial charge is 0.123 e. The maximum Gasteiger partial charge on any atom is 0.123 e. The third kappa shape index (κ3) is 2.80. The summed E-state index contributed by atoms with van der Waals surface area (Å²) < 4.78 is 5.53. The van der Waals surface area contributed by atoms with Crippen LogP contribution in [0.15, 0.2) is 23.6 Å². The van der Waals surface area contributed by atoms with E-state index in [9.17, 15) is 0 Å². The van der Waals surface area contributed by atoms with Gasteiger partial charge in [0.25, 0.3) is 0 Å². The van der Waals surface area contributed by atoms with Gasteiger partial charge in [-0.15, -0.1) is 11.3 Å². The summed E-state index contributed by atoms with van der Waals surface area (Å²) in [5.74, 6) is 1.03. The highest BCUT2D eigenvalue weighted by atomic mass is 32.1. The lowest BCUT2D eigenvalue weighted by Crippen LogP contribution is -2.13. The molecule has 0 saturated carbocycles. The Morgan fingerprint density at radius 1 is 1.42 bits per heavy atom. The number of aromatic nitrogens is 1. The average Bonchev–Trinajstić information content (AvgIpc) is 3.06. The molecular weight excluding hydrogens is 256 g/mol. The Bertz CT molecular complexity index is 565. The van der Waals surface area contributed by atoms with Crippen molar-refractivity contribution in [2.24, 2.45) is 0 Å². The Balaban J connectivity index is 1.75. The van der Waals surface area contributed by atoms with Crippen molar-refractivity contribution >= 4 is 11.3 Å². The molecule has 0 bridgehead atoms. The molecule has 1 aliphatic rings. The van der Waals surface area contributed by atoms with Crippen molar-refractivity contribution in [1.29, 1.82) is 0 Å². The minimum absolute atomic E-state index is 0.808. The second-order valence-electron chi connectivity index (χ2n) is 4.74. The van der Waals surface area contributed by atoms with Gasteiger partial charge in [-0.25, -0.2) is 4.98 Å². The Hall–Kier alpha value is -1.39. The number of ether oxygens (including phenoxy) is 1. The van der Waals surface area contributed by atoms with Crippen molar-refractivity contribution in [1.82, 2.24) is 10.3 Å². The number of nitrogens with zero attached hydrogens (tertiary/aromatic N) is 1. The summed E-state index contributed by atoms with van der Waals surface area (Å²) in [5.41, 5.74) is 3.64. The van der Waals surface area contributed by atoms with Gasteiger partial charge in [0.05, 0.1) is 12.3 Å². The molecule has 0 radical (unpaired) electrons.